The maximum absolute atomic E-state index is 12.1. The first kappa shape index (κ1) is 14.1. The third-order valence-electron chi connectivity index (χ3n) is 3.18. The van der Waals surface area contributed by atoms with E-state index in [9.17, 15) is 9.90 Å². The van der Waals surface area contributed by atoms with Crippen molar-refractivity contribution in [3.8, 4) is 5.75 Å². The van der Waals surface area contributed by atoms with Crippen LogP contribution in [0.5, 0.6) is 5.75 Å². The lowest BCUT2D eigenvalue weighted by atomic mass is 9.86. The Balaban J connectivity index is 2.54. The maximum atomic E-state index is 12.1. The molecule has 0 aliphatic carbocycles. The van der Waals surface area contributed by atoms with E-state index in [-0.39, 0.29) is 0 Å². The number of methoxy groups -OCH3 is 2. The van der Waals surface area contributed by atoms with Gasteiger partial charge in [-0.15, -0.1) is 0 Å². The highest BCUT2D eigenvalue weighted by atomic mass is 16.5. The van der Waals surface area contributed by atoms with Crippen LogP contribution in [0.2, 0.25) is 0 Å². The molecule has 2 aromatic rings. The van der Waals surface area contributed by atoms with Crippen molar-refractivity contribution in [3.05, 3.63) is 65.7 Å². The van der Waals surface area contributed by atoms with Crippen molar-refractivity contribution in [2.45, 2.75) is 5.60 Å². The van der Waals surface area contributed by atoms with Gasteiger partial charge < -0.3 is 14.6 Å². The summed E-state index contributed by atoms with van der Waals surface area (Å²) in [6.45, 7) is 0. The molecule has 0 fully saturated rings. The number of esters is 1. The molecule has 1 unspecified atom stereocenters. The molecular weight excluding hydrogens is 256 g/mol. The summed E-state index contributed by atoms with van der Waals surface area (Å²) in [4.78, 5) is 12.1. The Hall–Kier alpha value is -2.33. The highest BCUT2D eigenvalue weighted by Gasteiger charge is 2.41. The van der Waals surface area contributed by atoms with Gasteiger partial charge in [-0.25, -0.2) is 4.79 Å². The number of aliphatic hydroxyl groups is 1. The van der Waals surface area contributed by atoms with Crippen LogP contribution in [0.15, 0.2) is 54.6 Å². The molecule has 0 saturated carbocycles. The van der Waals surface area contributed by atoms with E-state index in [2.05, 4.69) is 0 Å². The first-order valence-electron chi connectivity index (χ1n) is 6.13. The van der Waals surface area contributed by atoms with Gasteiger partial charge in [-0.05, 0) is 23.3 Å². The molecule has 0 aliphatic heterocycles. The van der Waals surface area contributed by atoms with E-state index >= 15 is 0 Å². The normalized spacial score (nSPS) is 13.3. The van der Waals surface area contributed by atoms with Crippen molar-refractivity contribution >= 4 is 5.97 Å². The summed E-state index contributed by atoms with van der Waals surface area (Å²) in [7, 11) is 2.80. The summed E-state index contributed by atoms with van der Waals surface area (Å²) in [5.41, 5.74) is -0.948. The van der Waals surface area contributed by atoms with Gasteiger partial charge in [0.1, 0.15) is 5.75 Å². The van der Waals surface area contributed by atoms with Crippen molar-refractivity contribution < 1.29 is 19.4 Å². The standard InChI is InChI=1S/C16H16O4/c1-19-14-10-8-13(9-11-14)16(18,15(17)20-2)12-6-4-3-5-7-12/h3-11,18H,1-2H3. The lowest BCUT2D eigenvalue weighted by Crippen LogP contribution is -2.37. The largest absolute Gasteiger partial charge is 0.497 e. The number of ether oxygens (including phenoxy) is 2. The molecule has 2 aromatic carbocycles. The van der Waals surface area contributed by atoms with Crippen LogP contribution < -0.4 is 4.74 Å². The SMILES string of the molecule is COC(=O)C(O)(c1ccccc1)c1ccc(OC)cc1. The highest BCUT2D eigenvalue weighted by Crippen LogP contribution is 2.31. The van der Waals surface area contributed by atoms with E-state index in [0.29, 0.717) is 16.9 Å². The Bertz CT molecular complexity index is 577. The zero-order chi connectivity index (χ0) is 14.6. The molecule has 0 spiro atoms. The van der Waals surface area contributed by atoms with Gasteiger partial charge in [0.15, 0.2) is 0 Å². The monoisotopic (exact) mass is 272 g/mol. The van der Waals surface area contributed by atoms with E-state index in [1.165, 1.54) is 7.11 Å². The lowest BCUT2D eigenvalue weighted by Gasteiger charge is -2.26. The smallest absolute Gasteiger partial charge is 0.347 e. The average Bonchev–Trinajstić information content (AvgIpc) is 2.54. The second kappa shape index (κ2) is 5.75. The van der Waals surface area contributed by atoms with Gasteiger partial charge in [0, 0.05) is 0 Å². The minimum absolute atomic E-state index is 0.427. The topological polar surface area (TPSA) is 55.8 Å². The zero-order valence-corrected chi connectivity index (χ0v) is 11.4. The van der Waals surface area contributed by atoms with Crippen molar-refractivity contribution in [1.82, 2.24) is 0 Å². The number of hydrogen-bond donors (Lipinski definition) is 1. The van der Waals surface area contributed by atoms with Crippen LogP contribution >= 0.6 is 0 Å². The fraction of sp³-hybridized carbons (Fsp3) is 0.188. The summed E-state index contributed by atoms with van der Waals surface area (Å²) in [6.07, 6.45) is 0. The molecule has 0 aromatic heterocycles. The molecule has 0 heterocycles. The van der Waals surface area contributed by atoms with Crippen LogP contribution in [-0.4, -0.2) is 25.3 Å². The van der Waals surface area contributed by atoms with Crippen LogP contribution in [0.25, 0.3) is 0 Å². The predicted octanol–water partition coefficient (Wildman–Crippen LogP) is 2.10. The van der Waals surface area contributed by atoms with Crippen molar-refractivity contribution in [1.29, 1.82) is 0 Å². The fourth-order valence-electron chi connectivity index (χ4n) is 2.06. The number of hydrogen-bond acceptors (Lipinski definition) is 4. The summed E-state index contributed by atoms with van der Waals surface area (Å²) in [5.74, 6) is -0.0807. The molecule has 2 rings (SSSR count). The number of carbonyl (C=O) groups excluding carboxylic acids is 1. The van der Waals surface area contributed by atoms with Crippen molar-refractivity contribution in [2.24, 2.45) is 0 Å². The van der Waals surface area contributed by atoms with Gasteiger partial charge in [-0.1, -0.05) is 42.5 Å². The van der Waals surface area contributed by atoms with Crippen molar-refractivity contribution in [2.75, 3.05) is 14.2 Å². The summed E-state index contributed by atoms with van der Waals surface area (Å²) in [5, 5.41) is 10.9. The van der Waals surface area contributed by atoms with E-state index in [0.717, 1.165) is 0 Å². The molecular formula is C16H16O4. The number of benzene rings is 2. The van der Waals surface area contributed by atoms with Gasteiger partial charge in [0.05, 0.1) is 14.2 Å². The lowest BCUT2D eigenvalue weighted by molar-refractivity contribution is -0.158. The van der Waals surface area contributed by atoms with E-state index in [1.807, 2.05) is 6.07 Å². The molecule has 1 atom stereocenters. The van der Waals surface area contributed by atoms with Gasteiger partial charge >= 0.3 is 5.97 Å². The Kier molecular flexibility index (Phi) is 4.05. The third kappa shape index (κ3) is 2.38. The van der Waals surface area contributed by atoms with Crippen LogP contribution in [-0.2, 0) is 15.1 Å². The molecule has 1 N–H and O–H groups in total. The summed E-state index contributed by atoms with van der Waals surface area (Å²) < 4.78 is 9.84. The number of carbonyl (C=O) groups is 1. The van der Waals surface area contributed by atoms with E-state index in [4.69, 9.17) is 9.47 Å². The van der Waals surface area contributed by atoms with Gasteiger partial charge in [0.25, 0.3) is 0 Å². The quantitative estimate of drug-likeness (QED) is 0.866. The predicted molar refractivity (Wildman–Crippen MR) is 74.5 cm³/mol. The highest BCUT2D eigenvalue weighted by molar-refractivity contribution is 5.85. The Morgan fingerprint density at radius 3 is 2.00 bits per heavy atom. The Labute approximate surface area is 117 Å². The first-order valence-corrected chi connectivity index (χ1v) is 6.13. The van der Waals surface area contributed by atoms with Gasteiger partial charge in [-0.2, -0.15) is 0 Å². The molecule has 0 amide bonds. The van der Waals surface area contributed by atoms with Crippen molar-refractivity contribution in [3.63, 3.8) is 0 Å². The van der Waals surface area contributed by atoms with Crippen LogP contribution in [0, 0.1) is 0 Å². The zero-order valence-electron chi connectivity index (χ0n) is 11.4. The average molecular weight is 272 g/mol. The van der Waals surface area contributed by atoms with E-state index < -0.39 is 11.6 Å². The molecule has 0 aliphatic rings. The summed E-state index contributed by atoms with van der Waals surface area (Å²) in [6, 6.07) is 15.3. The Morgan fingerprint density at radius 1 is 0.950 bits per heavy atom. The minimum atomic E-state index is -1.83. The summed E-state index contributed by atoms with van der Waals surface area (Å²) >= 11 is 0. The fourth-order valence-corrected chi connectivity index (χ4v) is 2.06. The molecule has 4 nitrogen and oxygen atoms in total. The van der Waals surface area contributed by atoms with Crippen LogP contribution in [0.1, 0.15) is 11.1 Å². The molecule has 104 valence electrons. The van der Waals surface area contributed by atoms with Gasteiger partial charge in [0.2, 0.25) is 5.60 Å². The van der Waals surface area contributed by atoms with E-state index in [1.54, 1.807) is 55.6 Å². The maximum Gasteiger partial charge on any atom is 0.347 e. The minimum Gasteiger partial charge on any atom is -0.497 e. The molecule has 20 heavy (non-hydrogen) atoms. The second-order valence-electron chi connectivity index (χ2n) is 4.30. The Morgan fingerprint density at radius 2 is 1.50 bits per heavy atom. The molecule has 0 radical (unpaired) electrons. The second-order valence-corrected chi connectivity index (χ2v) is 4.30. The first-order chi connectivity index (χ1) is 9.62. The van der Waals surface area contributed by atoms with Gasteiger partial charge in [-0.3, -0.25) is 0 Å². The van der Waals surface area contributed by atoms with Crippen LogP contribution in [0.3, 0.4) is 0 Å². The molecule has 4 heteroatoms. The molecule has 0 saturated heterocycles. The van der Waals surface area contributed by atoms with Crippen LogP contribution in [0.4, 0.5) is 0 Å². The third-order valence-corrected chi connectivity index (χ3v) is 3.18. The number of rotatable bonds is 4. The molecule has 0 bridgehead atoms.